The van der Waals surface area contributed by atoms with Crippen LogP contribution >= 0.6 is 0 Å². The minimum absolute atomic E-state index is 0.000697. The lowest BCUT2D eigenvalue weighted by molar-refractivity contribution is -0.184. The summed E-state index contributed by atoms with van der Waals surface area (Å²) in [5, 5.41) is 10.8. The molecule has 6 nitrogen and oxygen atoms in total. The Morgan fingerprint density at radius 1 is 1.00 bits per heavy atom. The fraction of sp³-hybridized carbons (Fsp3) is 0.278. The summed E-state index contributed by atoms with van der Waals surface area (Å²) in [6.07, 6.45) is 2.83. The van der Waals surface area contributed by atoms with Crippen molar-refractivity contribution in [2.75, 3.05) is 13.2 Å². The van der Waals surface area contributed by atoms with Gasteiger partial charge in [0.25, 0.3) is 5.60 Å². The first-order valence-corrected chi connectivity index (χ1v) is 7.61. The minimum Gasteiger partial charge on any atom is -0.463 e. The first-order valence-electron chi connectivity index (χ1n) is 7.61. The van der Waals surface area contributed by atoms with E-state index in [4.69, 9.17) is 9.47 Å². The molecule has 2 rings (SSSR count). The number of carbonyl (C=O) groups is 2. The van der Waals surface area contributed by atoms with Crippen molar-refractivity contribution in [3.63, 3.8) is 0 Å². The smallest absolute Gasteiger partial charge is 0.354 e. The molecule has 0 aliphatic rings. The second kappa shape index (κ2) is 7.70. The van der Waals surface area contributed by atoms with Crippen molar-refractivity contribution in [2.45, 2.75) is 19.4 Å². The fourth-order valence-electron chi connectivity index (χ4n) is 2.22. The third-order valence-electron chi connectivity index (χ3n) is 3.40. The lowest BCUT2D eigenvalue weighted by atomic mass is 9.93. The number of ether oxygens (including phenoxy) is 2. The number of esters is 2. The Kier molecular flexibility index (Phi) is 5.65. The van der Waals surface area contributed by atoms with Gasteiger partial charge < -0.3 is 14.6 Å². The van der Waals surface area contributed by atoms with Gasteiger partial charge in [-0.1, -0.05) is 30.3 Å². The maximum absolute atomic E-state index is 12.2. The number of rotatable bonds is 6. The van der Waals surface area contributed by atoms with Crippen LogP contribution in [0.15, 0.2) is 48.8 Å². The van der Waals surface area contributed by atoms with E-state index < -0.39 is 17.5 Å². The van der Waals surface area contributed by atoms with Crippen LogP contribution in [0.3, 0.4) is 0 Å². The van der Waals surface area contributed by atoms with Crippen LogP contribution in [0.4, 0.5) is 0 Å². The quantitative estimate of drug-likeness (QED) is 0.645. The number of carbonyl (C=O) groups excluding carboxylic acids is 2. The van der Waals surface area contributed by atoms with E-state index in [1.807, 2.05) is 30.3 Å². The van der Waals surface area contributed by atoms with Gasteiger partial charge in [-0.25, -0.2) is 9.59 Å². The van der Waals surface area contributed by atoms with Gasteiger partial charge in [-0.15, -0.1) is 0 Å². The van der Waals surface area contributed by atoms with E-state index in [1.165, 1.54) is 12.3 Å². The third-order valence-corrected chi connectivity index (χ3v) is 3.40. The maximum atomic E-state index is 12.2. The number of nitrogens with zero attached hydrogens (tertiary/aromatic N) is 1. The van der Waals surface area contributed by atoms with Crippen molar-refractivity contribution < 1.29 is 24.2 Å². The molecule has 0 fully saturated rings. The van der Waals surface area contributed by atoms with Gasteiger partial charge in [-0.05, 0) is 25.5 Å². The molecule has 2 aromatic rings. The SMILES string of the molecule is CCOC(=O)C(O)(C(=O)OCC)c1cncc(-c2ccccc2)c1. The van der Waals surface area contributed by atoms with Gasteiger partial charge >= 0.3 is 11.9 Å². The zero-order chi connectivity index (χ0) is 17.6. The first-order chi connectivity index (χ1) is 11.5. The molecular weight excluding hydrogens is 310 g/mol. The van der Waals surface area contributed by atoms with Crippen molar-refractivity contribution in [1.29, 1.82) is 0 Å². The molecule has 1 N–H and O–H groups in total. The summed E-state index contributed by atoms with van der Waals surface area (Å²) >= 11 is 0. The van der Waals surface area contributed by atoms with Gasteiger partial charge in [-0.3, -0.25) is 4.98 Å². The highest BCUT2D eigenvalue weighted by molar-refractivity contribution is 6.04. The summed E-state index contributed by atoms with van der Waals surface area (Å²) < 4.78 is 9.71. The van der Waals surface area contributed by atoms with Gasteiger partial charge in [0.2, 0.25) is 0 Å². The summed E-state index contributed by atoms with van der Waals surface area (Å²) in [5.41, 5.74) is -1.06. The van der Waals surface area contributed by atoms with E-state index in [0.29, 0.717) is 5.56 Å². The topological polar surface area (TPSA) is 85.7 Å². The molecule has 126 valence electrons. The minimum atomic E-state index is -2.55. The van der Waals surface area contributed by atoms with E-state index in [1.54, 1.807) is 20.0 Å². The van der Waals surface area contributed by atoms with Crippen LogP contribution in [-0.4, -0.2) is 35.2 Å². The van der Waals surface area contributed by atoms with Gasteiger partial charge in [-0.2, -0.15) is 0 Å². The van der Waals surface area contributed by atoms with Crippen molar-refractivity contribution in [3.05, 3.63) is 54.4 Å². The molecule has 0 bridgehead atoms. The molecule has 0 atom stereocenters. The molecule has 0 unspecified atom stereocenters. The van der Waals surface area contributed by atoms with E-state index in [0.717, 1.165) is 5.56 Å². The molecule has 6 heteroatoms. The van der Waals surface area contributed by atoms with Gasteiger partial charge in [0.05, 0.1) is 13.2 Å². The maximum Gasteiger partial charge on any atom is 0.354 e. The Labute approximate surface area is 140 Å². The van der Waals surface area contributed by atoms with Crippen LogP contribution in [0.5, 0.6) is 0 Å². The van der Waals surface area contributed by atoms with Crippen molar-refractivity contribution >= 4 is 11.9 Å². The molecule has 0 amide bonds. The van der Waals surface area contributed by atoms with E-state index in [2.05, 4.69) is 4.98 Å². The molecule has 0 saturated heterocycles. The zero-order valence-corrected chi connectivity index (χ0v) is 13.6. The van der Waals surface area contributed by atoms with Gasteiger partial charge in [0, 0.05) is 23.5 Å². The van der Waals surface area contributed by atoms with Crippen LogP contribution in [0, 0.1) is 0 Å². The third kappa shape index (κ3) is 3.44. The van der Waals surface area contributed by atoms with Crippen LogP contribution in [0.25, 0.3) is 11.1 Å². The average molecular weight is 329 g/mol. The average Bonchev–Trinajstić information content (AvgIpc) is 2.62. The number of aliphatic hydroxyl groups is 1. The Morgan fingerprint density at radius 3 is 2.12 bits per heavy atom. The van der Waals surface area contributed by atoms with Crippen molar-refractivity contribution in [3.8, 4) is 11.1 Å². The highest BCUT2D eigenvalue weighted by Gasteiger charge is 2.49. The van der Waals surface area contributed by atoms with Gasteiger partial charge in [0.1, 0.15) is 0 Å². The van der Waals surface area contributed by atoms with Crippen LogP contribution in [0.1, 0.15) is 19.4 Å². The molecule has 24 heavy (non-hydrogen) atoms. The molecule has 0 aliphatic heterocycles. The van der Waals surface area contributed by atoms with Crippen molar-refractivity contribution in [1.82, 2.24) is 4.98 Å². The number of pyridine rings is 1. The predicted octanol–water partition coefficient (Wildman–Crippen LogP) is 2.06. The summed E-state index contributed by atoms with van der Waals surface area (Å²) in [5.74, 6) is -2.18. The summed E-state index contributed by atoms with van der Waals surface area (Å²) in [4.78, 5) is 28.5. The standard InChI is InChI=1S/C18H19NO5/c1-3-23-16(20)18(22,17(21)24-4-2)15-10-14(11-19-12-15)13-8-6-5-7-9-13/h5-12,22H,3-4H2,1-2H3. The molecule has 0 saturated carbocycles. The predicted molar refractivity (Wildman–Crippen MR) is 86.8 cm³/mol. The lowest BCUT2D eigenvalue weighted by Gasteiger charge is -2.24. The summed E-state index contributed by atoms with van der Waals surface area (Å²) in [7, 11) is 0. The highest BCUT2D eigenvalue weighted by Crippen LogP contribution is 2.28. The van der Waals surface area contributed by atoms with E-state index in [-0.39, 0.29) is 18.8 Å². The van der Waals surface area contributed by atoms with Crippen LogP contribution in [-0.2, 0) is 24.7 Å². The number of aromatic nitrogens is 1. The Hall–Kier alpha value is -2.73. The Bertz CT molecular complexity index is 696. The molecule has 0 spiro atoms. The second-order valence-corrected chi connectivity index (χ2v) is 4.98. The van der Waals surface area contributed by atoms with Crippen molar-refractivity contribution in [2.24, 2.45) is 0 Å². The number of hydrogen-bond acceptors (Lipinski definition) is 6. The van der Waals surface area contributed by atoms with Crippen LogP contribution in [0.2, 0.25) is 0 Å². The second-order valence-electron chi connectivity index (χ2n) is 4.98. The van der Waals surface area contributed by atoms with E-state index in [9.17, 15) is 14.7 Å². The first kappa shape index (κ1) is 17.6. The van der Waals surface area contributed by atoms with Crippen LogP contribution < -0.4 is 0 Å². The summed E-state index contributed by atoms with van der Waals surface area (Å²) in [6.45, 7) is 3.21. The Morgan fingerprint density at radius 2 is 1.58 bits per heavy atom. The largest absolute Gasteiger partial charge is 0.463 e. The Balaban J connectivity index is 2.51. The van der Waals surface area contributed by atoms with Gasteiger partial charge in [0.15, 0.2) is 0 Å². The fourth-order valence-corrected chi connectivity index (χ4v) is 2.22. The molecule has 1 heterocycles. The molecule has 0 aliphatic carbocycles. The highest BCUT2D eigenvalue weighted by atomic mass is 16.6. The molecule has 0 radical (unpaired) electrons. The monoisotopic (exact) mass is 329 g/mol. The summed E-state index contributed by atoms with van der Waals surface area (Å²) in [6, 6.07) is 10.8. The zero-order valence-electron chi connectivity index (χ0n) is 13.6. The van der Waals surface area contributed by atoms with E-state index >= 15 is 0 Å². The lowest BCUT2D eigenvalue weighted by Crippen LogP contribution is -2.46. The molecule has 1 aromatic carbocycles. The number of hydrogen-bond donors (Lipinski definition) is 1. The molecular formula is C18H19NO5. The molecule has 1 aromatic heterocycles. The number of benzene rings is 1. The normalized spacial score (nSPS) is 11.0.